The number of ether oxygens (including phenoxy) is 1. The van der Waals surface area contributed by atoms with Crippen LogP contribution < -0.4 is 15.4 Å². The van der Waals surface area contributed by atoms with E-state index in [9.17, 15) is 19.2 Å². The number of para-hydroxylation sites is 1. The Morgan fingerprint density at radius 1 is 0.927 bits per heavy atom. The summed E-state index contributed by atoms with van der Waals surface area (Å²) in [6.45, 7) is 4.55. The molecule has 0 spiro atoms. The van der Waals surface area contributed by atoms with Gasteiger partial charge in [-0.05, 0) is 57.5 Å². The molecule has 0 radical (unpaired) electrons. The molecule has 220 valence electrons. The van der Waals surface area contributed by atoms with Gasteiger partial charge in [-0.15, -0.1) is 0 Å². The fourth-order valence-corrected chi connectivity index (χ4v) is 5.28. The normalized spacial score (nSPS) is 23.7. The van der Waals surface area contributed by atoms with Crippen LogP contribution in [0.3, 0.4) is 0 Å². The first-order valence-corrected chi connectivity index (χ1v) is 14.3. The molecule has 4 rings (SSSR count). The Kier molecular flexibility index (Phi) is 10.3. The van der Waals surface area contributed by atoms with Gasteiger partial charge < -0.3 is 30.1 Å². The minimum atomic E-state index is -0.894. The van der Waals surface area contributed by atoms with Gasteiger partial charge in [0.05, 0.1) is 11.6 Å². The van der Waals surface area contributed by atoms with Crippen molar-refractivity contribution in [3.63, 3.8) is 0 Å². The van der Waals surface area contributed by atoms with Crippen molar-refractivity contribution >= 4 is 23.6 Å². The Labute approximate surface area is 242 Å². The van der Waals surface area contributed by atoms with E-state index >= 15 is 0 Å². The summed E-state index contributed by atoms with van der Waals surface area (Å²) in [5.41, 5.74) is 1.32. The van der Waals surface area contributed by atoms with Crippen LogP contribution in [0, 0.1) is 0 Å². The molecule has 10 heteroatoms. The number of hydrogen-bond acceptors (Lipinski definition) is 6. The molecule has 41 heavy (non-hydrogen) atoms. The topological polar surface area (TPSA) is 111 Å². The van der Waals surface area contributed by atoms with E-state index < -0.39 is 18.0 Å². The lowest BCUT2D eigenvalue weighted by atomic mass is 10.0. The Bertz CT molecular complexity index is 1220. The van der Waals surface area contributed by atoms with Crippen molar-refractivity contribution in [1.82, 2.24) is 25.3 Å². The molecule has 0 unspecified atom stereocenters. The van der Waals surface area contributed by atoms with Crippen LogP contribution >= 0.6 is 0 Å². The van der Waals surface area contributed by atoms with E-state index in [1.807, 2.05) is 37.4 Å². The summed E-state index contributed by atoms with van der Waals surface area (Å²) in [6.07, 6.45) is 1.45. The Hall–Kier alpha value is -3.92. The van der Waals surface area contributed by atoms with Crippen molar-refractivity contribution in [3.05, 3.63) is 65.7 Å². The Morgan fingerprint density at radius 3 is 2.44 bits per heavy atom. The fourth-order valence-electron chi connectivity index (χ4n) is 5.28. The largest absolute Gasteiger partial charge is 0.491 e. The van der Waals surface area contributed by atoms with Gasteiger partial charge in [0.25, 0.3) is 5.91 Å². The highest BCUT2D eigenvalue weighted by atomic mass is 16.5. The summed E-state index contributed by atoms with van der Waals surface area (Å²) in [5.74, 6) is -0.896. The van der Waals surface area contributed by atoms with E-state index in [4.69, 9.17) is 4.74 Å². The number of nitrogens with one attached hydrogen (secondary N) is 2. The second-order valence-electron chi connectivity index (χ2n) is 10.9. The molecule has 0 aliphatic carbocycles. The van der Waals surface area contributed by atoms with Crippen LogP contribution in [0.15, 0.2) is 54.6 Å². The Balaban J connectivity index is 1.62. The maximum Gasteiger partial charge on any atom is 0.255 e. The van der Waals surface area contributed by atoms with Gasteiger partial charge in [-0.3, -0.25) is 19.2 Å². The van der Waals surface area contributed by atoms with Crippen molar-refractivity contribution in [2.75, 3.05) is 46.9 Å². The first-order chi connectivity index (χ1) is 19.7. The van der Waals surface area contributed by atoms with Crippen molar-refractivity contribution in [2.24, 2.45) is 0 Å². The third-order valence-electron chi connectivity index (χ3n) is 7.82. The zero-order valence-corrected chi connectivity index (χ0v) is 24.2. The lowest BCUT2D eigenvalue weighted by Gasteiger charge is -2.31. The van der Waals surface area contributed by atoms with Crippen LogP contribution in [0.25, 0.3) is 0 Å². The summed E-state index contributed by atoms with van der Waals surface area (Å²) in [4.78, 5) is 59.0. The first-order valence-electron chi connectivity index (χ1n) is 14.3. The van der Waals surface area contributed by atoms with Gasteiger partial charge in [0, 0.05) is 33.1 Å². The molecule has 2 aromatic rings. The van der Waals surface area contributed by atoms with E-state index in [-0.39, 0.29) is 43.2 Å². The van der Waals surface area contributed by atoms with Gasteiger partial charge in [-0.25, -0.2) is 0 Å². The predicted octanol–water partition coefficient (Wildman–Crippen LogP) is 1.70. The van der Waals surface area contributed by atoms with Crippen molar-refractivity contribution in [3.8, 4) is 5.75 Å². The maximum absolute atomic E-state index is 13.6. The molecule has 10 nitrogen and oxygen atoms in total. The molecule has 4 amide bonds. The highest BCUT2D eigenvalue weighted by Gasteiger charge is 2.31. The molecule has 2 heterocycles. The molecule has 1 saturated heterocycles. The van der Waals surface area contributed by atoms with Gasteiger partial charge in [-0.1, -0.05) is 42.5 Å². The van der Waals surface area contributed by atoms with E-state index in [1.54, 1.807) is 48.0 Å². The van der Waals surface area contributed by atoms with E-state index in [0.29, 0.717) is 30.8 Å². The van der Waals surface area contributed by atoms with Crippen molar-refractivity contribution in [1.29, 1.82) is 0 Å². The van der Waals surface area contributed by atoms with Crippen LogP contribution in [-0.4, -0.2) is 103 Å². The minimum Gasteiger partial charge on any atom is -0.491 e. The second kappa shape index (κ2) is 14.1. The number of rotatable bonds is 3. The average molecular weight is 564 g/mol. The lowest BCUT2D eigenvalue weighted by molar-refractivity contribution is -0.137. The molecule has 2 aromatic carbocycles. The molecule has 3 atom stereocenters. The molecule has 0 bridgehead atoms. The van der Waals surface area contributed by atoms with Gasteiger partial charge in [0.15, 0.2) is 0 Å². The Morgan fingerprint density at radius 2 is 1.66 bits per heavy atom. The number of amides is 4. The number of carbonyl (C=O) groups excluding carboxylic acids is 4. The number of benzene rings is 2. The number of nitrogens with zero attached hydrogens (tertiary/aromatic N) is 3. The highest BCUT2D eigenvalue weighted by Crippen LogP contribution is 2.21. The maximum atomic E-state index is 13.6. The molecule has 2 N–H and O–H groups in total. The third-order valence-corrected chi connectivity index (χ3v) is 7.82. The zero-order valence-electron chi connectivity index (χ0n) is 24.2. The average Bonchev–Trinajstić information content (AvgIpc) is 3.20. The third kappa shape index (κ3) is 8.07. The van der Waals surface area contributed by atoms with Crippen molar-refractivity contribution in [2.45, 2.75) is 50.7 Å². The van der Waals surface area contributed by atoms with E-state index in [0.717, 1.165) is 25.1 Å². The minimum absolute atomic E-state index is 0.0165. The van der Waals surface area contributed by atoms with Crippen LogP contribution in [-0.2, 0) is 20.8 Å². The van der Waals surface area contributed by atoms with Gasteiger partial charge in [0.1, 0.15) is 24.4 Å². The second-order valence-corrected chi connectivity index (χ2v) is 10.9. The number of fused-ring (bicyclic) bond motifs is 1. The predicted molar refractivity (Wildman–Crippen MR) is 155 cm³/mol. The number of carbonyl (C=O) groups is 4. The summed E-state index contributed by atoms with van der Waals surface area (Å²) >= 11 is 0. The highest BCUT2D eigenvalue weighted by molar-refractivity contribution is 6.00. The van der Waals surface area contributed by atoms with E-state index in [1.165, 1.54) is 0 Å². The number of likely N-dealkylation sites (N-methyl/N-ethyl adjacent to an activating group) is 2. The smallest absolute Gasteiger partial charge is 0.255 e. The summed E-state index contributed by atoms with van der Waals surface area (Å²) < 4.78 is 6.19. The first kappa shape index (κ1) is 30.0. The fraction of sp³-hybridized carbons (Fsp3) is 0.484. The number of hydrogen-bond donors (Lipinski definition) is 2. The molecule has 2 aliphatic heterocycles. The molecule has 0 saturated carbocycles. The lowest BCUT2D eigenvalue weighted by Crippen LogP contribution is -2.51. The molecule has 1 fully saturated rings. The summed E-state index contributed by atoms with van der Waals surface area (Å²) in [7, 11) is 3.72. The SMILES string of the molecule is C[C@@H]1NC(=O)CC[C@@H](C(=O)N2CCCN(C)CC2)NC(=O)c2ccccc2OC[C@@H](Cc2ccccc2)N(C)C1=O. The monoisotopic (exact) mass is 563 g/mol. The van der Waals surface area contributed by atoms with Crippen LogP contribution in [0.5, 0.6) is 5.75 Å². The quantitative estimate of drug-likeness (QED) is 0.588. The van der Waals surface area contributed by atoms with Gasteiger partial charge in [0.2, 0.25) is 17.7 Å². The summed E-state index contributed by atoms with van der Waals surface area (Å²) in [5, 5.41) is 5.67. The zero-order chi connectivity index (χ0) is 29.4. The van der Waals surface area contributed by atoms with Crippen LogP contribution in [0.2, 0.25) is 0 Å². The molecule has 0 aromatic heterocycles. The van der Waals surface area contributed by atoms with Crippen molar-refractivity contribution < 1.29 is 23.9 Å². The molecule has 2 aliphatic rings. The summed E-state index contributed by atoms with van der Waals surface area (Å²) in [6, 6.07) is 14.6. The molecular formula is C31H41N5O5. The molecular weight excluding hydrogens is 522 g/mol. The van der Waals surface area contributed by atoms with Gasteiger partial charge in [-0.2, -0.15) is 0 Å². The van der Waals surface area contributed by atoms with Gasteiger partial charge >= 0.3 is 0 Å². The van der Waals surface area contributed by atoms with Crippen LogP contribution in [0.4, 0.5) is 0 Å². The van der Waals surface area contributed by atoms with E-state index in [2.05, 4.69) is 15.5 Å². The standard InChI is InChI=1S/C31H41N5O5/c1-22-30(39)35(3)24(20-23-10-5-4-6-11-23)21-41-27-13-8-7-12-25(27)29(38)33-26(14-15-28(37)32-22)31(40)36-17-9-16-34(2)18-19-36/h4-8,10-13,22,24,26H,9,14-21H2,1-3H3,(H,32,37)(H,33,38)/t22-,24+,26-/m0/s1. The van der Waals surface area contributed by atoms with Crippen LogP contribution in [0.1, 0.15) is 42.1 Å².